The quantitative estimate of drug-likeness (QED) is 0.935. The molecule has 0 radical (unpaired) electrons. The first-order valence-electron chi connectivity index (χ1n) is 5.46. The Bertz CT molecular complexity index is 578. The maximum absolute atomic E-state index is 13.0. The van der Waals surface area contributed by atoms with Crippen molar-refractivity contribution in [3.63, 3.8) is 0 Å². The van der Waals surface area contributed by atoms with Gasteiger partial charge in [-0.15, -0.1) is 0 Å². The predicted octanol–water partition coefficient (Wildman–Crippen LogP) is 3.63. The Morgan fingerprint density at radius 1 is 1.32 bits per heavy atom. The minimum Gasteiger partial charge on any atom is -0.388 e. The fourth-order valence-electron chi connectivity index (χ4n) is 1.54. The molecule has 3 nitrogen and oxygen atoms in total. The normalized spacial score (nSPS) is 11.6. The van der Waals surface area contributed by atoms with Crippen molar-refractivity contribution in [3.8, 4) is 0 Å². The maximum Gasteiger partial charge on any atom is 0.417 e. The molecule has 7 heteroatoms. The molecular weight excluding hydrogens is 275 g/mol. The summed E-state index contributed by atoms with van der Waals surface area (Å²) in [4.78, 5) is 4.16. The Morgan fingerprint density at radius 3 is 2.58 bits per heavy atom. The molecule has 0 bridgehead atoms. The van der Waals surface area contributed by atoms with Crippen LogP contribution < -0.4 is 5.32 Å². The zero-order valence-corrected chi connectivity index (χ0v) is 11.1. The van der Waals surface area contributed by atoms with Crippen LogP contribution in [-0.2, 0) is 13.2 Å². The molecule has 2 aromatic rings. The summed E-state index contributed by atoms with van der Waals surface area (Å²) in [6.45, 7) is 0. The van der Waals surface area contributed by atoms with Crippen LogP contribution in [-0.4, -0.2) is 16.6 Å². The van der Waals surface area contributed by atoms with Gasteiger partial charge >= 0.3 is 6.18 Å². The highest BCUT2D eigenvalue weighted by Gasteiger charge is 2.34. The third-order valence-electron chi connectivity index (χ3n) is 2.55. The largest absolute Gasteiger partial charge is 0.417 e. The Morgan fingerprint density at radius 2 is 2.05 bits per heavy atom. The van der Waals surface area contributed by atoms with Crippen molar-refractivity contribution in [2.24, 2.45) is 7.05 Å². The van der Waals surface area contributed by atoms with Crippen molar-refractivity contribution in [1.82, 2.24) is 9.55 Å². The van der Waals surface area contributed by atoms with Gasteiger partial charge in [-0.3, -0.25) is 0 Å². The number of nitrogens with zero attached hydrogens (tertiary/aromatic N) is 2. The van der Waals surface area contributed by atoms with Gasteiger partial charge in [-0.2, -0.15) is 13.2 Å². The Kier molecular flexibility index (Phi) is 3.75. The third kappa shape index (κ3) is 3.04. The summed E-state index contributed by atoms with van der Waals surface area (Å²) < 4.78 is 40.8. The van der Waals surface area contributed by atoms with Gasteiger partial charge in [0.05, 0.1) is 5.56 Å². The number of rotatable bonds is 3. The maximum atomic E-state index is 13.0. The highest BCUT2D eigenvalue weighted by atomic mass is 32.2. The number of imidazole rings is 1. The van der Waals surface area contributed by atoms with Crippen LogP contribution in [0.1, 0.15) is 5.56 Å². The van der Waals surface area contributed by atoms with E-state index in [0.717, 1.165) is 17.8 Å². The molecule has 0 saturated heterocycles. The molecule has 0 fully saturated rings. The van der Waals surface area contributed by atoms with Gasteiger partial charge in [0.15, 0.2) is 5.16 Å². The third-order valence-corrected chi connectivity index (χ3v) is 3.70. The average Bonchev–Trinajstić information content (AvgIpc) is 2.74. The average molecular weight is 287 g/mol. The second kappa shape index (κ2) is 5.16. The van der Waals surface area contributed by atoms with Crippen LogP contribution in [0.3, 0.4) is 0 Å². The van der Waals surface area contributed by atoms with E-state index in [1.54, 1.807) is 37.1 Å². The highest BCUT2D eigenvalue weighted by molar-refractivity contribution is 7.99. The number of alkyl halides is 3. The molecule has 0 spiro atoms. The summed E-state index contributed by atoms with van der Waals surface area (Å²) in [5.41, 5.74) is -0.233. The van der Waals surface area contributed by atoms with Crippen molar-refractivity contribution < 1.29 is 13.2 Å². The van der Waals surface area contributed by atoms with E-state index < -0.39 is 11.7 Å². The summed E-state index contributed by atoms with van der Waals surface area (Å²) in [6, 6.07) is 4.17. The minimum absolute atomic E-state index is 0.140. The molecule has 0 unspecified atom stereocenters. The smallest absolute Gasteiger partial charge is 0.388 e. The Hall–Kier alpha value is -1.63. The van der Waals surface area contributed by atoms with E-state index in [1.807, 2.05) is 0 Å². The molecule has 1 heterocycles. The molecule has 1 aromatic carbocycles. The number of benzene rings is 1. The van der Waals surface area contributed by atoms with E-state index in [2.05, 4.69) is 10.3 Å². The van der Waals surface area contributed by atoms with Gasteiger partial charge in [-0.25, -0.2) is 4.98 Å². The van der Waals surface area contributed by atoms with Crippen LogP contribution in [0.5, 0.6) is 0 Å². The number of anilines is 1. The SMILES string of the molecule is CNc1ccc(Sc2nccn2C)c(C(F)(F)F)c1. The number of aromatic nitrogens is 2. The van der Waals surface area contributed by atoms with Gasteiger partial charge in [-0.1, -0.05) is 11.8 Å². The fourth-order valence-corrected chi connectivity index (χ4v) is 2.48. The molecular formula is C12H12F3N3S. The van der Waals surface area contributed by atoms with Crippen molar-refractivity contribution in [3.05, 3.63) is 36.2 Å². The molecule has 1 aromatic heterocycles. The number of hydrogen-bond acceptors (Lipinski definition) is 3. The van der Waals surface area contributed by atoms with E-state index in [9.17, 15) is 13.2 Å². The van der Waals surface area contributed by atoms with Crippen LogP contribution in [0.4, 0.5) is 18.9 Å². The molecule has 102 valence electrons. The molecule has 0 amide bonds. The number of hydrogen-bond donors (Lipinski definition) is 1. The van der Waals surface area contributed by atoms with Crippen LogP contribution in [0.25, 0.3) is 0 Å². The van der Waals surface area contributed by atoms with Gasteiger partial charge in [0.2, 0.25) is 0 Å². The van der Waals surface area contributed by atoms with Gasteiger partial charge in [-0.05, 0) is 18.2 Å². The van der Waals surface area contributed by atoms with E-state index >= 15 is 0 Å². The van der Waals surface area contributed by atoms with Crippen LogP contribution in [0.15, 0.2) is 40.6 Å². The molecule has 2 rings (SSSR count). The first-order valence-corrected chi connectivity index (χ1v) is 6.27. The zero-order chi connectivity index (χ0) is 14.0. The standard InChI is InChI=1S/C12H12F3N3S/c1-16-8-3-4-10(9(7-8)12(13,14)15)19-11-17-5-6-18(11)2/h3-7,16H,1-2H3. The number of nitrogens with one attached hydrogen (secondary N) is 1. The minimum atomic E-state index is -4.39. The molecule has 0 aliphatic rings. The summed E-state index contributed by atoms with van der Waals surface area (Å²) in [7, 11) is 3.33. The van der Waals surface area contributed by atoms with Crippen molar-refractivity contribution in [1.29, 1.82) is 0 Å². The molecule has 1 N–H and O–H groups in total. The van der Waals surface area contributed by atoms with Gasteiger partial charge in [0, 0.05) is 37.1 Å². The lowest BCUT2D eigenvalue weighted by molar-refractivity contribution is -0.139. The van der Waals surface area contributed by atoms with Crippen molar-refractivity contribution in [2.45, 2.75) is 16.2 Å². The molecule has 0 aliphatic carbocycles. The second-order valence-corrected chi connectivity index (χ2v) is 4.89. The first-order chi connectivity index (χ1) is 8.91. The summed E-state index contributed by atoms with van der Waals surface area (Å²) in [5, 5.41) is 3.22. The monoisotopic (exact) mass is 287 g/mol. The van der Waals surface area contributed by atoms with Crippen molar-refractivity contribution >= 4 is 17.4 Å². The predicted molar refractivity (Wildman–Crippen MR) is 68.3 cm³/mol. The summed E-state index contributed by atoms with van der Waals surface area (Å²) in [5.74, 6) is 0. The van der Waals surface area contributed by atoms with Gasteiger partial charge in [0.25, 0.3) is 0 Å². The molecule has 19 heavy (non-hydrogen) atoms. The van der Waals surface area contributed by atoms with Gasteiger partial charge in [0.1, 0.15) is 0 Å². The first kappa shape index (κ1) is 13.8. The molecule has 0 saturated carbocycles. The molecule has 0 aliphatic heterocycles. The van der Waals surface area contributed by atoms with E-state index in [1.165, 1.54) is 6.07 Å². The second-order valence-electron chi connectivity index (χ2n) is 3.88. The number of halogens is 3. The fraction of sp³-hybridized carbons (Fsp3) is 0.250. The Labute approximate surface area is 112 Å². The van der Waals surface area contributed by atoms with Gasteiger partial charge < -0.3 is 9.88 Å². The molecule has 0 atom stereocenters. The topological polar surface area (TPSA) is 29.9 Å². The van der Waals surface area contributed by atoms with E-state index in [4.69, 9.17) is 0 Å². The zero-order valence-electron chi connectivity index (χ0n) is 10.3. The lowest BCUT2D eigenvalue weighted by Crippen LogP contribution is -2.08. The summed E-state index contributed by atoms with van der Waals surface area (Å²) >= 11 is 0.998. The van der Waals surface area contributed by atoms with E-state index in [-0.39, 0.29) is 4.90 Å². The lowest BCUT2D eigenvalue weighted by Gasteiger charge is -2.13. The number of aryl methyl sites for hydroxylation is 1. The van der Waals surface area contributed by atoms with Crippen LogP contribution in [0, 0.1) is 0 Å². The van der Waals surface area contributed by atoms with Crippen LogP contribution in [0.2, 0.25) is 0 Å². The summed E-state index contributed by atoms with van der Waals surface area (Å²) in [6.07, 6.45) is -1.14. The highest BCUT2D eigenvalue weighted by Crippen LogP contribution is 2.40. The Balaban J connectivity index is 2.42. The lowest BCUT2D eigenvalue weighted by atomic mass is 10.2. The van der Waals surface area contributed by atoms with Crippen LogP contribution >= 0.6 is 11.8 Å². The van der Waals surface area contributed by atoms with Crippen molar-refractivity contribution in [2.75, 3.05) is 12.4 Å². The van der Waals surface area contributed by atoms with E-state index in [0.29, 0.717) is 10.8 Å².